The normalized spacial score (nSPS) is 14.0. The van der Waals surface area contributed by atoms with Crippen molar-refractivity contribution in [3.63, 3.8) is 0 Å². The molecule has 3 nitrogen and oxygen atoms in total. The van der Waals surface area contributed by atoms with Gasteiger partial charge in [0.1, 0.15) is 0 Å². The topological polar surface area (TPSA) is 37.4 Å². The summed E-state index contributed by atoms with van der Waals surface area (Å²) in [7, 11) is 0. The molecular formula is C17H12BrNO2. The first-order chi connectivity index (χ1) is 10.2. The number of amides is 1. The number of nitrogens with zero attached hydrogens (tertiary/aromatic N) is 1. The Morgan fingerprint density at radius 2 is 1.76 bits per heavy atom. The lowest BCUT2D eigenvalue weighted by molar-refractivity contribution is -0.114. The van der Waals surface area contributed by atoms with E-state index in [1.165, 1.54) is 4.90 Å². The van der Waals surface area contributed by atoms with Gasteiger partial charge in [-0.25, -0.2) is 0 Å². The van der Waals surface area contributed by atoms with Gasteiger partial charge in [0.25, 0.3) is 11.7 Å². The highest BCUT2D eigenvalue weighted by Gasteiger charge is 2.36. The number of hydrogen-bond donors (Lipinski definition) is 0. The van der Waals surface area contributed by atoms with E-state index in [1.807, 2.05) is 48.6 Å². The fourth-order valence-corrected chi connectivity index (χ4v) is 2.88. The van der Waals surface area contributed by atoms with Crippen LogP contribution in [0.5, 0.6) is 0 Å². The lowest BCUT2D eigenvalue weighted by atomic mass is 10.1. The van der Waals surface area contributed by atoms with Gasteiger partial charge in [-0.05, 0) is 33.6 Å². The molecule has 1 aliphatic rings. The van der Waals surface area contributed by atoms with Crippen LogP contribution in [-0.2, 0) is 4.79 Å². The number of Topliss-reactive ketones (excluding diaryl/α,β-unsaturated/α-hetero) is 1. The molecule has 0 radical (unpaired) electrons. The van der Waals surface area contributed by atoms with Crippen molar-refractivity contribution in [2.45, 2.75) is 0 Å². The third-order valence-electron chi connectivity index (χ3n) is 3.35. The molecule has 0 saturated carbocycles. The van der Waals surface area contributed by atoms with Gasteiger partial charge < -0.3 is 4.90 Å². The van der Waals surface area contributed by atoms with E-state index in [1.54, 1.807) is 12.1 Å². The van der Waals surface area contributed by atoms with E-state index in [0.29, 0.717) is 22.3 Å². The molecule has 0 N–H and O–H groups in total. The van der Waals surface area contributed by atoms with Gasteiger partial charge in [-0.2, -0.15) is 0 Å². The molecule has 0 bridgehead atoms. The second-order valence-corrected chi connectivity index (χ2v) is 5.55. The average Bonchev–Trinajstić information content (AvgIpc) is 2.74. The summed E-state index contributed by atoms with van der Waals surface area (Å²) < 4.78 is 0.660. The van der Waals surface area contributed by atoms with Crippen LogP contribution in [0.1, 0.15) is 15.9 Å². The first-order valence-corrected chi connectivity index (χ1v) is 7.34. The Labute approximate surface area is 131 Å². The number of benzene rings is 2. The Kier molecular flexibility index (Phi) is 3.71. The number of rotatable bonds is 3. The number of ketones is 1. The molecule has 0 unspecified atom stereocenters. The van der Waals surface area contributed by atoms with Crippen LogP contribution >= 0.6 is 15.9 Å². The minimum atomic E-state index is -0.477. The molecule has 1 aliphatic heterocycles. The van der Waals surface area contributed by atoms with Gasteiger partial charge in [0.2, 0.25) is 0 Å². The zero-order valence-corrected chi connectivity index (χ0v) is 12.7. The summed E-state index contributed by atoms with van der Waals surface area (Å²) in [5.74, 6) is -0.930. The quantitative estimate of drug-likeness (QED) is 0.798. The molecule has 2 aromatic rings. The molecule has 21 heavy (non-hydrogen) atoms. The zero-order valence-electron chi connectivity index (χ0n) is 11.1. The Morgan fingerprint density at radius 1 is 1.00 bits per heavy atom. The number of carbonyl (C=O) groups is 2. The maximum absolute atomic E-state index is 12.1. The summed E-state index contributed by atoms with van der Waals surface area (Å²) in [5.41, 5.74) is 2.18. The number of carbonyl (C=O) groups excluding carboxylic acids is 2. The molecule has 1 heterocycles. The van der Waals surface area contributed by atoms with E-state index in [0.717, 1.165) is 5.56 Å². The highest BCUT2D eigenvalue weighted by molar-refractivity contribution is 9.10. The number of fused-ring (bicyclic) bond motifs is 1. The molecule has 0 aromatic heterocycles. The van der Waals surface area contributed by atoms with Crippen LogP contribution in [0.2, 0.25) is 0 Å². The highest BCUT2D eigenvalue weighted by atomic mass is 79.9. The summed E-state index contributed by atoms with van der Waals surface area (Å²) in [6.07, 6.45) is 3.82. The fourth-order valence-electron chi connectivity index (χ4n) is 2.34. The number of halogens is 1. The van der Waals surface area contributed by atoms with Gasteiger partial charge in [-0.15, -0.1) is 0 Å². The van der Waals surface area contributed by atoms with Crippen LogP contribution in [0.3, 0.4) is 0 Å². The second-order valence-electron chi connectivity index (χ2n) is 4.69. The second kappa shape index (κ2) is 5.66. The molecule has 0 spiro atoms. The molecule has 0 aliphatic carbocycles. The van der Waals surface area contributed by atoms with Crippen molar-refractivity contribution in [3.8, 4) is 0 Å². The van der Waals surface area contributed by atoms with Crippen molar-refractivity contribution >= 4 is 39.4 Å². The molecular weight excluding hydrogens is 330 g/mol. The van der Waals surface area contributed by atoms with Gasteiger partial charge in [-0.1, -0.05) is 48.6 Å². The monoisotopic (exact) mass is 341 g/mol. The molecule has 104 valence electrons. The van der Waals surface area contributed by atoms with Crippen LogP contribution in [0.15, 0.2) is 59.1 Å². The number of anilines is 1. The average molecular weight is 342 g/mol. The predicted octanol–water partition coefficient (Wildman–Crippen LogP) is 3.69. The molecule has 0 saturated heterocycles. The van der Waals surface area contributed by atoms with Crippen molar-refractivity contribution in [2.24, 2.45) is 0 Å². The predicted molar refractivity (Wildman–Crippen MR) is 86.3 cm³/mol. The smallest absolute Gasteiger partial charge is 0.299 e. The van der Waals surface area contributed by atoms with Crippen LogP contribution in [-0.4, -0.2) is 18.2 Å². The lowest BCUT2D eigenvalue weighted by Gasteiger charge is -2.13. The third-order valence-corrected chi connectivity index (χ3v) is 4.01. The Hall–Kier alpha value is -2.20. The van der Waals surface area contributed by atoms with E-state index in [9.17, 15) is 9.59 Å². The molecule has 0 fully saturated rings. The molecule has 1 amide bonds. The van der Waals surface area contributed by atoms with Crippen molar-refractivity contribution in [2.75, 3.05) is 11.4 Å². The van der Waals surface area contributed by atoms with Crippen LogP contribution in [0.25, 0.3) is 6.08 Å². The minimum Gasteiger partial charge on any atom is -0.301 e. The van der Waals surface area contributed by atoms with Gasteiger partial charge in [0.15, 0.2) is 0 Å². The van der Waals surface area contributed by atoms with E-state index in [4.69, 9.17) is 0 Å². The van der Waals surface area contributed by atoms with E-state index >= 15 is 0 Å². The number of hydrogen-bond acceptors (Lipinski definition) is 2. The van der Waals surface area contributed by atoms with Crippen molar-refractivity contribution in [1.82, 2.24) is 0 Å². The van der Waals surface area contributed by atoms with Crippen molar-refractivity contribution < 1.29 is 9.59 Å². The molecule has 0 atom stereocenters. The van der Waals surface area contributed by atoms with E-state index < -0.39 is 11.7 Å². The molecule has 3 rings (SSSR count). The summed E-state index contributed by atoms with van der Waals surface area (Å²) in [4.78, 5) is 25.6. The van der Waals surface area contributed by atoms with Gasteiger partial charge >= 0.3 is 0 Å². The van der Waals surface area contributed by atoms with Crippen LogP contribution in [0, 0.1) is 0 Å². The SMILES string of the molecule is O=C1C(=O)N(C/C=C/c2ccccc2)c2cccc(Br)c21. The zero-order chi connectivity index (χ0) is 14.8. The summed E-state index contributed by atoms with van der Waals surface area (Å²) >= 11 is 3.33. The third kappa shape index (κ3) is 2.54. The standard InChI is InChI=1S/C17H12BrNO2/c18-13-9-4-10-14-15(13)16(20)17(21)19(14)11-5-8-12-6-2-1-3-7-12/h1-10H,11H2/b8-5+. The minimum absolute atomic E-state index is 0.378. The first-order valence-electron chi connectivity index (χ1n) is 6.55. The van der Waals surface area contributed by atoms with E-state index in [2.05, 4.69) is 15.9 Å². The maximum Gasteiger partial charge on any atom is 0.299 e. The Balaban J connectivity index is 1.84. The fraction of sp³-hybridized carbons (Fsp3) is 0.0588. The van der Waals surface area contributed by atoms with E-state index in [-0.39, 0.29) is 0 Å². The van der Waals surface area contributed by atoms with Crippen LogP contribution < -0.4 is 4.90 Å². The summed E-state index contributed by atoms with van der Waals surface area (Å²) in [6, 6.07) is 15.2. The Bertz CT molecular complexity index is 738. The molecule has 2 aromatic carbocycles. The largest absolute Gasteiger partial charge is 0.301 e. The van der Waals surface area contributed by atoms with Gasteiger partial charge in [0, 0.05) is 11.0 Å². The van der Waals surface area contributed by atoms with Crippen molar-refractivity contribution in [1.29, 1.82) is 0 Å². The molecule has 4 heteroatoms. The first kappa shape index (κ1) is 13.8. The summed E-state index contributed by atoms with van der Waals surface area (Å²) in [5, 5.41) is 0. The summed E-state index contributed by atoms with van der Waals surface area (Å²) in [6.45, 7) is 0.378. The lowest BCUT2D eigenvalue weighted by Crippen LogP contribution is -2.29. The Morgan fingerprint density at radius 3 is 2.52 bits per heavy atom. The highest BCUT2D eigenvalue weighted by Crippen LogP contribution is 2.34. The van der Waals surface area contributed by atoms with Gasteiger partial charge in [0.05, 0.1) is 11.3 Å². The van der Waals surface area contributed by atoms with Crippen LogP contribution in [0.4, 0.5) is 5.69 Å². The van der Waals surface area contributed by atoms with Crippen molar-refractivity contribution in [3.05, 3.63) is 70.2 Å². The van der Waals surface area contributed by atoms with Gasteiger partial charge in [-0.3, -0.25) is 9.59 Å². The maximum atomic E-state index is 12.1.